The Bertz CT molecular complexity index is 309. The van der Waals surface area contributed by atoms with Crippen LogP contribution in [0.4, 0.5) is 0 Å². The fourth-order valence-corrected chi connectivity index (χ4v) is 2.18. The lowest BCUT2D eigenvalue weighted by atomic mass is 9.90. The molecule has 1 saturated heterocycles. The maximum absolute atomic E-state index is 12.3. The van der Waals surface area contributed by atoms with Gasteiger partial charge in [-0.2, -0.15) is 0 Å². The van der Waals surface area contributed by atoms with Crippen LogP contribution in [0.5, 0.6) is 0 Å². The Balaban J connectivity index is 2.67. The molecule has 0 aliphatic carbocycles. The van der Waals surface area contributed by atoms with E-state index in [9.17, 15) is 4.79 Å². The van der Waals surface area contributed by atoms with Crippen LogP contribution in [-0.4, -0.2) is 53.9 Å². The first-order valence-electron chi connectivity index (χ1n) is 6.02. The molecule has 98 valence electrons. The number of rotatable bonds is 3. The van der Waals surface area contributed by atoms with Gasteiger partial charge in [-0.05, 0) is 46.8 Å². The highest BCUT2D eigenvalue weighted by Crippen LogP contribution is 2.23. The van der Waals surface area contributed by atoms with Crippen molar-refractivity contribution in [3.8, 4) is 0 Å². The highest BCUT2D eigenvalue weighted by molar-refractivity contribution is 7.80. The van der Waals surface area contributed by atoms with Crippen LogP contribution in [0.2, 0.25) is 0 Å². The molecule has 1 aliphatic rings. The standard InChI is InChI=1S/C12H23N3OS/c1-12(2,10(13)17)11(16)15(4)9-5-7-14(3)8-6-9/h9H,5-8H2,1-4H3,(H2,13,17). The van der Waals surface area contributed by atoms with Crippen LogP contribution in [0.15, 0.2) is 0 Å². The third-order valence-corrected chi connectivity index (χ3v) is 4.22. The highest BCUT2D eigenvalue weighted by Gasteiger charge is 2.36. The zero-order valence-corrected chi connectivity index (χ0v) is 12.0. The van der Waals surface area contributed by atoms with Gasteiger partial charge in [-0.25, -0.2) is 0 Å². The van der Waals surface area contributed by atoms with Crippen LogP contribution < -0.4 is 5.73 Å². The summed E-state index contributed by atoms with van der Waals surface area (Å²) in [5.41, 5.74) is 4.89. The molecule has 0 aromatic heterocycles. The second kappa shape index (κ2) is 5.31. The summed E-state index contributed by atoms with van der Waals surface area (Å²) in [6.45, 7) is 5.66. The topological polar surface area (TPSA) is 49.6 Å². The summed E-state index contributed by atoms with van der Waals surface area (Å²) >= 11 is 4.97. The number of carbonyl (C=O) groups is 1. The van der Waals surface area contributed by atoms with E-state index < -0.39 is 5.41 Å². The van der Waals surface area contributed by atoms with Gasteiger partial charge in [-0.15, -0.1) is 0 Å². The molecule has 5 heteroatoms. The number of nitrogens with zero attached hydrogens (tertiary/aromatic N) is 2. The van der Waals surface area contributed by atoms with E-state index in [1.54, 1.807) is 13.8 Å². The quantitative estimate of drug-likeness (QED) is 0.762. The van der Waals surface area contributed by atoms with Crippen LogP contribution in [0.25, 0.3) is 0 Å². The van der Waals surface area contributed by atoms with Crippen molar-refractivity contribution in [1.82, 2.24) is 9.80 Å². The Hall–Kier alpha value is -0.680. The minimum absolute atomic E-state index is 0.0274. The van der Waals surface area contributed by atoms with Crippen molar-refractivity contribution in [3.63, 3.8) is 0 Å². The predicted octanol–water partition coefficient (Wildman–Crippen LogP) is 0.851. The highest BCUT2D eigenvalue weighted by atomic mass is 32.1. The smallest absolute Gasteiger partial charge is 0.235 e. The van der Waals surface area contributed by atoms with Crippen molar-refractivity contribution >= 4 is 23.1 Å². The van der Waals surface area contributed by atoms with E-state index in [1.807, 2.05) is 11.9 Å². The van der Waals surface area contributed by atoms with Crippen molar-refractivity contribution in [2.24, 2.45) is 11.1 Å². The summed E-state index contributed by atoms with van der Waals surface area (Å²) in [6, 6.07) is 0.312. The van der Waals surface area contributed by atoms with Crippen LogP contribution in [0, 0.1) is 5.41 Å². The van der Waals surface area contributed by atoms with Crippen LogP contribution in [0.1, 0.15) is 26.7 Å². The van der Waals surface area contributed by atoms with Gasteiger partial charge in [0.2, 0.25) is 5.91 Å². The van der Waals surface area contributed by atoms with Crippen molar-refractivity contribution in [2.45, 2.75) is 32.7 Å². The zero-order chi connectivity index (χ0) is 13.2. The Morgan fingerprint density at radius 3 is 2.29 bits per heavy atom. The number of hydrogen-bond acceptors (Lipinski definition) is 3. The first kappa shape index (κ1) is 14.4. The molecule has 0 bridgehead atoms. The number of carbonyl (C=O) groups excluding carboxylic acids is 1. The number of likely N-dealkylation sites (tertiary alicyclic amines) is 1. The number of amides is 1. The first-order chi connectivity index (χ1) is 7.76. The monoisotopic (exact) mass is 257 g/mol. The van der Waals surface area contributed by atoms with Gasteiger partial charge < -0.3 is 15.5 Å². The molecule has 2 N–H and O–H groups in total. The number of nitrogens with two attached hydrogens (primary N) is 1. The van der Waals surface area contributed by atoms with E-state index in [0.717, 1.165) is 25.9 Å². The summed E-state index contributed by atoms with van der Waals surface area (Å²) in [5, 5.41) is 0. The number of thiocarbonyl (C=S) groups is 1. The van der Waals surface area contributed by atoms with Gasteiger partial charge in [-0.1, -0.05) is 12.2 Å². The predicted molar refractivity (Wildman–Crippen MR) is 73.9 cm³/mol. The van der Waals surface area contributed by atoms with E-state index in [0.29, 0.717) is 6.04 Å². The molecule has 1 aliphatic heterocycles. The molecule has 0 atom stereocenters. The summed E-state index contributed by atoms with van der Waals surface area (Å²) in [6.07, 6.45) is 2.04. The molecule has 0 aromatic carbocycles. The largest absolute Gasteiger partial charge is 0.392 e. The van der Waals surface area contributed by atoms with Crippen molar-refractivity contribution < 1.29 is 4.79 Å². The Kier molecular flexibility index (Phi) is 4.49. The van der Waals surface area contributed by atoms with Gasteiger partial charge in [-0.3, -0.25) is 4.79 Å². The molecule has 1 heterocycles. The fourth-order valence-electron chi connectivity index (χ4n) is 2.09. The lowest BCUT2D eigenvalue weighted by Gasteiger charge is -2.38. The molecule has 1 amide bonds. The molecule has 0 aromatic rings. The van der Waals surface area contributed by atoms with Gasteiger partial charge in [0.05, 0.1) is 10.4 Å². The average molecular weight is 257 g/mol. The van der Waals surface area contributed by atoms with Crippen molar-refractivity contribution in [1.29, 1.82) is 0 Å². The SMILES string of the molecule is CN1CCC(N(C)C(=O)C(C)(C)C(N)=S)CC1. The molecule has 0 saturated carbocycles. The maximum Gasteiger partial charge on any atom is 0.235 e. The number of piperidine rings is 1. The van der Waals surface area contributed by atoms with Gasteiger partial charge in [0, 0.05) is 13.1 Å². The van der Waals surface area contributed by atoms with E-state index in [2.05, 4.69) is 11.9 Å². The van der Waals surface area contributed by atoms with E-state index in [1.165, 1.54) is 0 Å². The van der Waals surface area contributed by atoms with Crippen molar-refractivity contribution in [2.75, 3.05) is 27.2 Å². The average Bonchev–Trinajstić information content (AvgIpc) is 2.27. The minimum atomic E-state index is -0.743. The lowest BCUT2D eigenvalue weighted by Crippen LogP contribution is -2.51. The maximum atomic E-state index is 12.3. The van der Waals surface area contributed by atoms with E-state index in [4.69, 9.17) is 18.0 Å². The normalized spacial score (nSPS) is 19.1. The van der Waals surface area contributed by atoms with Crippen LogP contribution in [-0.2, 0) is 4.79 Å². The Morgan fingerprint density at radius 1 is 1.41 bits per heavy atom. The first-order valence-corrected chi connectivity index (χ1v) is 6.43. The second-order valence-electron chi connectivity index (χ2n) is 5.44. The van der Waals surface area contributed by atoms with Gasteiger partial charge in [0.1, 0.15) is 0 Å². The second-order valence-corrected chi connectivity index (χ2v) is 5.88. The zero-order valence-electron chi connectivity index (χ0n) is 11.2. The molecule has 0 radical (unpaired) electrons. The number of hydrogen-bond donors (Lipinski definition) is 1. The summed E-state index contributed by atoms with van der Waals surface area (Å²) in [5.74, 6) is 0.0274. The minimum Gasteiger partial charge on any atom is -0.392 e. The van der Waals surface area contributed by atoms with E-state index in [-0.39, 0.29) is 10.9 Å². The molecule has 17 heavy (non-hydrogen) atoms. The van der Waals surface area contributed by atoms with Crippen LogP contribution in [0.3, 0.4) is 0 Å². The third kappa shape index (κ3) is 3.16. The molecular formula is C12H23N3OS. The summed E-state index contributed by atoms with van der Waals surface area (Å²) in [4.78, 5) is 16.7. The lowest BCUT2D eigenvalue weighted by molar-refractivity contribution is -0.138. The molecular weight excluding hydrogens is 234 g/mol. The van der Waals surface area contributed by atoms with Gasteiger partial charge >= 0.3 is 0 Å². The summed E-state index contributed by atoms with van der Waals surface area (Å²) < 4.78 is 0. The van der Waals surface area contributed by atoms with Gasteiger partial charge in [0.25, 0.3) is 0 Å². The third-order valence-electron chi connectivity index (χ3n) is 3.71. The molecule has 0 unspecified atom stereocenters. The van der Waals surface area contributed by atoms with Crippen LogP contribution >= 0.6 is 12.2 Å². The Morgan fingerprint density at radius 2 is 1.88 bits per heavy atom. The van der Waals surface area contributed by atoms with Crippen molar-refractivity contribution in [3.05, 3.63) is 0 Å². The molecule has 0 spiro atoms. The van der Waals surface area contributed by atoms with Gasteiger partial charge in [0.15, 0.2) is 0 Å². The summed E-state index contributed by atoms with van der Waals surface area (Å²) in [7, 11) is 3.97. The molecule has 1 fully saturated rings. The fraction of sp³-hybridized carbons (Fsp3) is 0.833. The Labute approximate surface area is 109 Å². The molecule has 1 rings (SSSR count). The molecule has 4 nitrogen and oxygen atoms in total. The van der Waals surface area contributed by atoms with E-state index >= 15 is 0 Å².